The van der Waals surface area contributed by atoms with Crippen LogP contribution in [0.2, 0.25) is 0 Å². The molecule has 33 heavy (non-hydrogen) atoms. The predicted octanol–water partition coefficient (Wildman–Crippen LogP) is 4.34. The first-order valence-corrected chi connectivity index (χ1v) is 11.8. The van der Waals surface area contributed by atoms with Gasteiger partial charge in [0, 0.05) is 25.0 Å². The van der Waals surface area contributed by atoms with Crippen LogP contribution in [-0.4, -0.2) is 54.4 Å². The summed E-state index contributed by atoms with van der Waals surface area (Å²) in [6.45, 7) is 3.98. The summed E-state index contributed by atoms with van der Waals surface area (Å²) in [7, 11) is 0. The van der Waals surface area contributed by atoms with Gasteiger partial charge >= 0.3 is 0 Å². The Hall–Kier alpha value is -2.94. The van der Waals surface area contributed by atoms with E-state index in [9.17, 15) is 14.3 Å². The highest BCUT2D eigenvalue weighted by molar-refractivity contribution is 7.08. The number of β-amino-alcohol motifs (C(OH)–C–C–N with tert-alkyl or cyclic N) is 1. The number of thiophene rings is 1. The Kier molecular flexibility index (Phi) is 7.59. The first-order chi connectivity index (χ1) is 16.0. The summed E-state index contributed by atoms with van der Waals surface area (Å²) in [5, 5.41) is 17.1. The van der Waals surface area contributed by atoms with Gasteiger partial charge in [0.05, 0.1) is 11.3 Å². The molecule has 0 spiro atoms. The minimum absolute atomic E-state index is 0.000674. The molecule has 2 N–H and O–H groups in total. The van der Waals surface area contributed by atoms with Crippen molar-refractivity contribution in [3.05, 3.63) is 76.2 Å². The molecule has 0 bridgehead atoms. The fraction of sp³-hybridized carbons (Fsp3) is 0.320. The summed E-state index contributed by atoms with van der Waals surface area (Å²) in [5.41, 5.74) is 2.16. The lowest BCUT2D eigenvalue weighted by atomic mass is 10.2. The molecule has 0 radical (unpaired) electrons. The number of hydrogen-bond donors (Lipinski definition) is 2. The first kappa shape index (κ1) is 23.2. The minimum atomic E-state index is -0.699. The summed E-state index contributed by atoms with van der Waals surface area (Å²) < 4.78 is 24.8. The van der Waals surface area contributed by atoms with Crippen molar-refractivity contribution in [1.29, 1.82) is 0 Å². The lowest BCUT2D eigenvalue weighted by Gasteiger charge is -2.21. The van der Waals surface area contributed by atoms with Gasteiger partial charge in [0.15, 0.2) is 0 Å². The smallest absolute Gasteiger partial charge is 0.256 e. The van der Waals surface area contributed by atoms with Gasteiger partial charge in [0.2, 0.25) is 0 Å². The number of aliphatic hydroxyl groups is 1. The van der Waals surface area contributed by atoms with Crippen LogP contribution in [-0.2, 0) is 0 Å². The normalized spacial score (nSPS) is 17.0. The number of aryl methyl sites for hydroxylation is 1. The van der Waals surface area contributed by atoms with Crippen LogP contribution < -0.4 is 14.8 Å². The van der Waals surface area contributed by atoms with E-state index in [1.165, 1.54) is 23.5 Å². The Labute approximate surface area is 196 Å². The lowest BCUT2D eigenvalue weighted by Crippen LogP contribution is -2.35. The van der Waals surface area contributed by atoms with Crippen molar-refractivity contribution in [2.75, 3.05) is 31.6 Å². The third-order valence-electron chi connectivity index (χ3n) is 5.41. The van der Waals surface area contributed by atoms with Crippen molar-refractivity contribution in [2.24, 2.45) is 0 Å². The standard InChI is InChI=1S/C25H27FN2O4S/c1-17-2-7-23(27-25(30)18-9-11-33-16-18)24(12-17)31-15-20(29)13-28-10-8-22(14-28)32-21-5-3-19(26)4-6-21/h2-7,9,11-12,16,20,22,29H,8,10,13-15H2,1H3,(H,27,30). The highest BCUT2D eigenvalue weighted by Gasteiger charge is 2.26. The van der Waals surface area contributed by atoms with E-state index in [-0.39, 0.29) is 24.4 Å². The van der Waals surface area contributed by atoms with Crippen molar-refractivity contribution < 1.29 is 23.8 Å². The van der Waals surface area contributed by atoms with Crippen LogP contribution in [0.1, 0.15) is 22.3 Å². The molecule has 1 saturated heterocycles. The summed E-state index contributed by atoms with van der Waals surface area (Å²) in [6, 6.07) is 13.3. The topological polar surface area (TPSA) is 71.0 Å². The van der Waals surface area contributed by atoms with Gasteiger partial charge in [-0.1, -0.05) is 6.07 Å². The van der Waals surface area contributed by atoms with Gasteiger partial charge < -0.3 is 19.9 Å². The average Bonchev–Trinajstić information content (AvgIpc) is 3.48. The second-order valence-corrected chi connectivity index (χ2v) is 8.95. The molecule has 2 atom stereocenters. The minimum Gasteiger partial charge on any atom is -0.489 e. The molecule has 2 aromatic carbocycles. The third kappa shape index (κ3) is 6.54. The van der Waals surface area contributed by atoms with Crippen LogP contribution >= 0.6 is 11.3 Å². The fourth-order valence-corrected chi connectivity index (χ4v) is 4.38. The molecule has 2 unspecified atom stereocenters. The number of nitrogens with one attached hydrogen (secondary N) is 1. The number of halogens is 1. The van der Waals surface area contributed by atoms with Gasteiger partial charge in [-0.3, -0.25) is 9.69 Å². The van der Waals surface area contributed by atoms with Gasteiger partial charge in [0.1, 0.15) is 36.1 Å². The molecule has 2 heterocycles. The Morgan fingerprint density at radius 2 is 2.09 bits per heavy atom. The number of amides is 1. The SMILES string of the molecule is Cc1ccc(NC(=O)c2ccsc2)c(OCC(O)CN2CCC(Oc3ccc(F)cc3)C2)c1. The van der Waals surface area contributed by atoms with E-state index in [0.29, 0.717) is 35.8 Å². The van der Waals surface area contributed by atoms with Gasteiger partial charge in [-0.05, 0) is 66.8 Å². The Bertz CT molecular complexity index is 1060. The zero-order chi connectivity index (χ0) is 23.2. The van der Waals surface area contributed by atoms with Crippen molar-refractivity contribution >= 4 is 22.9 Å². The first-order valence-electron chi connectivity index (χ1n) is 10.9. The van der Waals surface area contributed by atoms with Crippen molar-refractivity contribution in [3.63, 3.8) is 0 Å². The molecule has 8 heteroatoms. The van der Waals surface area contributed by atoms with E-state index < -0.39 is 6.10 Å². The molecule has 1 amide bonds. The number of carbonyl (C=O) groups is 1. The highest BCUT2D eigenvalue weighted by atomic mass is 32.1. The Balaban J connectivity index is 1.27. The largest absolute Gasteiger partial charge is 0.489 e. The second kappa shape index (κ2) is 10.8. The number of carbonyl (C=O) groups excluding carboxylic acids is 1. The maximum absolute atomic E-state index is 13.1. The fourth-order valence-electron chi connectivity index (χ4n) is 3.74. The number of ether oxygens (including phenoxy) is 2. The number of anilines is 1. The number of nitrogens with zero attached hydrogens (tertiary/aromatic N) is 1. The predicted molar refractivity (Wildman–Crippen MR) is 127 cm³/mol. The molecule has 0 aliphatic carbocycles. The van der Waals surface area contributed by atoms with E-state index in [4.69, 9.17) is 9.47 Å². The number of benzene rings is 2. The molecule has 1 aromatic heterocycles. The van der Waals surface area contributed by atoms with Crippen molar-refractivity contribution in [1.82, 2.24) is 4.90 Å². The van der Waals surface area contributed by atoms with Crippen LogP contribution in [0, 0.1) is 12.7 Å². The van der Waals surface area contributed by atoms with Crippen molar-refractivity contribution in [2.45, 2.75) is 25.6 Å². The molecular formula is C25H27FN2O4S. The average molecular weight is 471 g/mol. The second-order valence-electron chi connectivity index (χ2n) is 8.17. The monoisotopic (exact) mass is 470 g/mol. The highest BCUT2D eigenvalue weighted by Crippen LogP contribution is 2.27. The quantitative estimate of drug-likeness (QED) is 0.487. The van der Waals surface area contributed by atoms with E-state index in [0.717, 1.165) is 18.5 Å². The molecule has 6 nitrogen and oxygen atoms in total. The van der Waals surface area contributed by atoms with E-state index in [1.807, 2.05) is 24.4 Å². The molecule has 0 saturated carbocycles. The van der Waals surface area contributed by atoms with Crippen LogP contribution in [0.5, 0.6) is 11.5 Å². The molecule has 3 aromatic rings. The number of likely N-dealkylation sites (tertiary alicyclic amines) is 1. The number of rotatable bonds is 9. The third-order valence-corrected chi connectivity index (χ3v) is 6.10. The van der Waals surface area contributed by atoms with Gasteiger partial charge in [0.25, 0.3) is 5.91 Å². The summed E-state index contributed by atoms with van der Waals surface area (Å²) in [4.78, 5) is 14.5. The molecule has 174 valence electrons. The summed E-state index contributed by atoms with van der Waals surface area (Å²) in [5.74, 6) is 0.677. The van der Waals surface area contributed by atoms with E-state index >= 15 is 0 Å². The molecular weight excluding hydrogens is 443 g/mol. The Morgan fingerprint density at radius 1 is 1.27 bits per heavy atom. The molecule has 1 aliphatic heterocycles. The summed E-state index contributed by atoms with van der Waals surface area (Å²) >= 11 is 1.46. The zero-order valence-electron chi connectivity index (χ0n) is 18.4. The molecule has 1 fully saturated rings. The maximum atomic E-state index is 13.1. The lowest BCUT2D eigenvalue weighted by molar-refractivity contribution is 0.0722. The van der Waals surface area contributed by atoms with Crippen LogP contribution in [0.25, 0.3) is 0 Å². The zero-order valence-corrected chi connectivity index (χ0v) is 19.2. The summed E-state index contributed by atoms with van der Waals surface area (Å²) in [6.07, 6.45) is 0.136. The van der Waals surface area contributed by atoms with Gasteiger partial charge in [-0.25, -0.2) is 4.39 Å². The van der Waals surface area contributed by atoms with Crippen LogP contribution in [0.4, 0.5) is 10.1 Å². The van der Waals surface area contributed by atoms with E-state index in [1.54, 1.807) is 29.6 Å². The maximum Gasteiger partial charge on any atom is 0.256 e. The number of hydrogen-bond acceptors (Lipinski definition) is 6. The number of aliphatic hydroxyl groups excluding tert-OH is 1. The van der Waals surface area contributed by atoms with Crippen molar-refractivity contribution in [3.8, 4) is 11.5 Å². The van der Waals surface area contributed by atoms with Crippen LogP contribution in [0.3, 0.4) is 0 Å². The van der Waals surface area contributed by atoms with Gasteiger partial charge in [-0.2, -0.15) is 11.3 Å². The van der Waals surface area contributed by atoms with E-state index in [2.05, 4.69) is 10.2 Å². The van der Waals surface area contributed by atoms with Crippen LogP contribution in [0.15, 0.2) is 59.3 Å². The Morgan fingerprint density at radius 3 is 2.85 bits per heavy atom. The molecule has 1 aliphatic rings. The van der Waals surface area contributed by atoms with Gasteiger partial charge in [-0.15, -0.1) is 0 Å². The molecule has 4 rings (SSSR count).